The highest BCUT2D eigenvalue weighted by Gasteiger charge is 2.36. The maximum atomic E-state index is 12.8. The summed E-state index contributed by atoms with van der Waals surface area (Å²) in [5, 5.41) is 2.31. The fraction of sp³-hybridized carbons (Fsp3) is 0.438. The predicted molar refractivity (Wildman–Crippen MR) is 79.8 cm³/mol. The van der Waals surface area contributed by atoms with E-state index in [1.807, 2.05) is 0 Å². The Kier molecular flexibility index (Phi) is 4.05. The topological polar surface area (TPSA) is 57.7 Å². The smallest absolute Gasteiger partial charge is 0.269 e. The summed E-state index contributed by atoms with van der Waals surface area (Å²) in [6.07, 6.45) is 2.95. The summed E-state index contributed by atoms with van der Waals surface area (Å²) in [6.45, 7) is 8.62. The lowest BCUT2D eigenvalue weighted by molar-refractivity contribution is -0.771. The molecule has 5 heteroatoms. The highest BCUT2D eigenvalue weighted by molar-refractivity contribution is 5.93. The van der Waals surface area contributed by atoms with Crippen molar-refractivity contribution in [1.29, 1.82) is 0 Å². The third kappa shape index (κ3) is 4.29. The van der Waals surface area contributed by atoms with Gasteiger partial charge in [-0.1, -0.05) is 0 Å². The molecule has 0 aromatic heterocycles. The molecule has 0 spiro atoms. The average Bonchev–Trinajstić information content (AvgIpc) is 2.33. The molecule has 0 unspecified atom stereocenters. The average molecular weight is 292 g/mol. The minimum atomic E-state index is -0.353. The zero-order valence-electron chi connectivity index (χ0n) is 13.0. The number of nitrogens with one attached hydrogen (secondary N) is 2. The van der Waals surface area contributed by atoms with Gasteiger partial charge in [0, 0.05) is 17.7 Å². The van der Waals surface area contributed by atoms with E-state index < -0.39 is 0 Å². The van der Waals surface area contributed by atoms with Crippen molar-refractivity contribution >= 4 is 5.91 Å². The van der Waals surface area contributed by atoms with Crippen LogP contribution in [0.4, 0.5) is 4.39 Å². The van der Waals surface area contributed by atoms with Gasteiger partial charge < -0.3 is 10.7 Å². The highest BCUT2D eigenvalue weighted by atomic mass is 19.1. The summed E-state index contributed by atoms with van der Waals surface area (Å²) in [5.41, 5.74) is 7.12. The zero-order chi connectivity index (χ0) is 15.7. The number of amides is 1. The van der Waals surface area contributed by atoms with Gasteiger partial charge in [-0.15, -0.1) is 0 Å². The summed E-state index contributed by atoms with van der Waals surface area (Å²) in [6, 6.07) is 5.47. The molecular formula is C16H23FN3O+. The van der Waals surface area contributed by atoms with E-state index in [1.165, 1.54) is 24.3 Å². The fourth-order valence-corrected chi connectivity index (χ4v) is 2.98. The molecule has 4 nitrogen and oxygen atoms in total. The van der Waals surface area contributed by atoms with Crippen molar-refractivity contribution < 1.29 is 14.5 Å². The lowest BCUT2D eigenvalue weighted by Gasteiger charge is -2.37. The molecule has 114 valence electrons. The summed E-state index contributed by atoms with van der Waals surface area (Å²) in [4.78, 5) is 12.0. The normalized spacial score (nSPS) is 19.6. The Morgan fingerprint density at radius 1 is 1.19 bits per heavy atom. The number of halogens is 1. The van der Waals surface area contributed by atoms with Crippen molar-refractivity contribution in [3.05, 3.63) is 47.4 Å². The van der Waals surface area contributed by atoms with Gasteiger partial charge in [0.2, 0.25) is 0 Å². The molecule has 1 amide bonds. The second-order valence-electron chi connectivity index (χ2n) is 6.89. The van der Waals surface area contributed by atoms with Crippen molar-refractivity contribution in [3.8, 4) is 0 Å². The molecule has 0 bridgehead atoms. The molecule has 0 saturated heterocycles. The fourth-order valence-electron chi connectivity index (χ4n) is 2.98. The number of rotatable bonds is 3. The van der Waals surface area contributed by atoms with E-state index in [0.717, 1.165) is 12.1 Å². The molecule has 0 aliphatic carbocycles. The van der Waals surface area contributed by atoms with Crippen LogP contribution < -0.4 is 16.2 Å². The van der Waals surface area contributed by atoms with Crippen LogP contribution in [0.2, 0.25) is 0 Å². The summed E-state index contributed by atoms with van der Waals surface area (Å²) >= 11 is 0. The van der Waals surface area contributed by atoms with Crippen molar-refractivity contribution in [2.24, 2.45) is 0 Å². The number of nitrogens with two attached hydrogens (primary N) is 1. The second kappa shape index (κ2) is 5.48. The van der Waals surface area contributed by atoms with E-state index >= 15 is 0 Å². The maximum Gasteiger partial charge on any atom is 0.269 e. The Morgan fingerprint density at radius 2 is 1.81 bits per heavy atom. The third-order valence-electron chi connectivity index (χ3n) is 3.40. The minimum absolute atomic E-state index is 0.0231. The molecule has 1 aliphatic heterocycles. The van der Waals surface area contributed by atoms with E-state index in [4.69, 9.17) is 0 Å². The first-order valence-electron chi connectivity index (χ1n) is 7.08. The summed E-state index contributed by atoms with van der Waals surface area (Å²) in [7, 11) is 0. The first-order valence-corrected chi connectivity index (χ1v) is 7.08. The number of hydrazine groups is 1. The number of hydrogen-bond acceptors (Lipinski definition) is 2. The van der Waals surface area contributed by atoms with Gasteiger partial charge in [0.05, 0.1) is 5.54 Å². The van der Waals surface area contributed by atoms with Gasteiger partial charge in [0.25, 0.3) is 5.91 Å². The van der Waals surface area contributed by atoms with Crippen LogP contribution in [0.25, 0.3) is 0 Å². The van der Waals surface area contributed by atoms with Crippen LogP contribution in [-0.2, 0) is 0 Å². The first kappa shape index (κ1) is 15.5. The van der Waals surface area contributed by atoms with E-state index in [2.05, 4.69) is 49.9 Å². The predicted octanol–water partition coefficient (Wildman–Crippen LogP) is 1.47. The number of carbonyl (C=O) groups is 1. The SMILES string of the molecule is CC1(C)C=C(NNC(=O)c2ccc(F)cc2)CC(C)(C)[NH2+]1. The highest BCUT2D eigenvalue weighted by Crippen LogP contribution is 2.18. The Bertz CT molecular complexity index is 561. The molecule has 0 radical (unpaired) electrons. The molecule has 2 rings (SSSR count). The van der Waals surface area contributed by atoms with Crippen LogP contribution >= 0.6 is 0 Å². The number of carbonyl (C=O) groups excluding carboxylic acids is 1. The zero-order valence-corrected chi connectivity index (χ0v) is 13.0. The third-order valence-corrected chi connectivity index (χ3v) is 3.40. The van der Waals surface area contributed by atoms with Crippen molar-refractivity contribution in [1.82, 2.24) is 10.9 Å². The molecule has 0 saturated carbocycles. The lowest BCUT2D eigenvalue weighted by atomic mass is 9.86. The number of benzene rings is 1. The van der Waals surface area contributed by atoms with Crippen molar-refractivity contribution in [2.45, 2.75) is 45.2 Å². The van der Waals surface area contributed by atoms with Crippen LogP contribution in [-0.4, -0.2) is 17.0 Å². The maximum absolute atomic E-state index is 12.8. The quantitative estimate of drug-likeness (QED) is 0.739. The molecule has 1 heterocycles. The summed E-state index contributed by atoms with van der Waals surface area (Å²) < 4.78 is 12.8. The molecule has 4 N–H and O–H groups in total. The van der Waals surface area contributed by atoms with Gasteiger partial charge in [-0.05, 0) is 58.0 Å². The van der Waals surface area contributed by atoms with Gasteiger partial charge in [0.1, 0.15) is 11.4 Å². The second-order valence-corrected chi connectivity index (χ2v) is 6.89. The Hall–Kier alpha value is -1.88. The molecule has 0 fully saturated rings. The largest absolute Gasteiger partial charge is 0.334 e. The van der Waals surface area contributed by atoms with Crippen molar-refractivity contribution in [3.63, 3.8) is 0 Å². The van der Waals surface area contributed by atoms with Crippen LogP contribution in [0.1, 0.15) is 44.5 Å². The van der Waals surface area contributed by atoms with E-state index in [1.54, 1.807) is 0 Å². The van der Waals surface area contributed by atoms with E-state index in [-0.39, 0.29) is 22.8 Å². The minimum Gasteiger partial charge on any atom is -0.334 e. The lowest BCUT2D eigenvalue weighted by Crippen LogP contribution is -3.04. The van der Waals surface area contributed by atoms with Gasteiger partial charge in [-0.25, -0.2) is 4.39 Å². The molecular weight excluding hydrogens is 269 g/mol. The van der Waals surface area contributed by atoms with Gasteiger partial charge in [-0.2, -0.15) is 0 Å². The van der Waals surface area contributed by atoms with Crippen molar-refractivity contribution in [2.75, 3.05) is 0 Å². The number of quaternary nitrogens is 1. The van der Waals surface area contributed by atoms with Gasteiger partial charge in [0.15, 0.2) is 0 Å². The van der Waals surface area contributed by atoms with Gasteiger partial charge >= 0.3 is 0 Å². The first-order chi connectivity index (χ1) is 9.67. The van der Waals surface area contributed by atoms with Crippen LogP contribution in [0.3, 0.4) is 0 Å². The van der Waals surface area contributed by atoms with E-state index in [9.17, 15) is 9.18 Å². The molecule has 1 aromatic carbocycles. The molecule has 1 aromatic rings. The van der Waals surface area contributed by atoms with Crippen LogP contribution in [0.5, 0.6) is 0 Å². The van der Waals surface area contributed by atoms with E-state index in [0.29, 0.717) is 5.56 Å². The molecule has 1 aliphatic rings. The Balaban J connectivity index is 2.01. The van der Waals surface area contributed by atoms with Crippen LogP contribution in [0.15, 0.2) is 36.0 Å². The Labute approximate surface area is 124 Å². The monoisotopic (exact) mass is 292 g/mol. The standard InChI is InChI=1S/C16H22FN3O/c1-15(2)9-13(10-16(3,4)20-15)18-19-14(21)11-5-7-12(17)8-6-11/h5-9,18,20H,10H2,1-4H3,(H,19,21)/p+1. The number of hydrogen-bond donors (Lipinski definition) is 3. The summed E-state index contributed by atoms with van der Waals surface area (Å²) in [5.74, 6) is -0.630. The van der Waals surface area contributed by atoms with Gasteiger partial charge in [-0.3, -0.25) is 10.2 Å². The molecule has 21 heavy (non-hydrogen) atoms. The molecule has 0 atom stereocenters. The Morgan fingerprint density at radius 3 is 2.38 bits per heavy atom. The van der Waals surface area contributed by atoms with Crippen LogP contribution in [0, 0.1) is 5.82 Å².